The first-order valence-corrected chi connectivity index (χ1v) is 14.8. The van der Waals surface area contributed by atoms with Crippen molar-refractivity contribution >= 4 is 27.8 Å². The number of hydrogen-bond acceptors (Lipinski definition) is 5. The quantitative estimate of drug-likeness (QED) is 0.232. The number of esters is 1. The van der Waals surface area contributed by atoms with Gasteiger partial charge in [0.2, 0.25) is 10.0 Å². The van der Waals surface area contributed by atoms with Crippen molar-refractivity contribution in [2.75, 3.05) is 18.9 Å². The highest BCUT2D eigenvalue weighted by atomic mass is 32.2. The first-order chi connectivity index (χ1) is 16.5. The van der Waals surface area contributed by atoms with Crippen LogP contribution in [0.4, 0.5) is 0 Å². The molecule has 5 nitrogen and oxygen atoms in total. The molecule has 2 unspecified atom stereocenters. The molecule has 0 saturated carbocycles. The average molecular weight is 504 g/mol. The number of unbranched alkanes of at least 4 members (excludes halogenated alkanes) is 1. The highest BCUT2D eigenvalue weighted by molar-refractivity contribution is 7.99. The molecule has 0 aromatic heterocycles. The lowest BCUT2D eigenvalue weighted by molar-refractivity contribution is -0.144. The molecule has 2 aromatic rings. The number of ether oxygens (including phenoxy) is 1. The van der Waals surface area contributed by atoms with Gasteiger partial charge in [-0.15, -0.1) is 11.8 Å². The zero-order chi connectivity index (χ0) is 24.4. The molecule has 0 radical (unpaired) electrons. The predicted octanol–water partition coefficient (Wildman–Crippen LogP) is 6.45. The molecule has 1 fully saturated rings. The van der Waals surface area contributed by atoms with Gasteiger partial charge >= 0.3 is 5.97 Å². The second-order valence-electron chi connectivity index (χ2n) is 8.86. The van der Waals surface area contributed by atoms with Crippen molar-refractivity contribution in [3.05, 3.63) is 60.2 Å². The van der Waals surface area contributed by atoms with Crippen LogP contribution in [0.25, 0.3) is 0 Å². The molecular formula is C27H37NO4S2. The standard InChI is InChI=1S/C27H37NO4S2/c1-3-5-11-22(4-2)21-32-27(29)17-19-33-24-14-9-15-25(20-24)34(30,31)28-18-10-16-26(28)23-12-7-6-8-13-23/h6-9,12-15,20,22,26H,3-5,10-11,16-19,21H2,1-2H3. The molecule has 1 saturated heterocycles. The van der Waals surface area contributed by atoms with Crippen LogP contribution in [0.15, 0.2) is 64.4 Å². The smallest absolute Gasteiger partial charge is 0.306 e. The van der Waals surface area contributed by atoms with E-state index in [1.54, 1.807) is 22.5 Å². The molecule has 34 heavy (non-hydrogen) atoms. The molecule has 186 valence electrons. The van der Waals surface area contributed by atoms with Gasteiger partial charge in [0.25, 0.3) is 0 Å². The molecule has 1 aliphatic heterocycles. The minimum absolute atomic E-state index is 0.124. The number of carbonyl (C=O) groups excluding carboxylic acids is 1. The van der Waals surface area contributed by atoms with E-state index in [9.17, 15) is 13.2 Å². The molecule has 0 aliphatic carbocycles. The van der Waals surface area contributed by atoms with E-state index in [-0.39, 0.29) is 12.0 Å². The Morgan fingerprint density at radius 2 is 1.94 bits per heavy atom. The number of hydrogen-bond donors (Lipinski definition) is 0. The Morgan fingerprint density at radius 1 is 1.15 bits per heavy atom. The van der Waals surface area contributed by atoms with Gasteiger partial charge in [0, 0.05) is 17.2 Å². The average Bonchev–Trinajstić information content (AvgIpc) is 3.36. The van der Waals surface area contributed by atoms with E-state index >= 15 is 0 Å². The molecule has 2 aromatic carbocycles. The van der Waals surface area contributed by atoms with Crippen LogP contribution in [0.3, 0.4) is 0 Å². The van der Waals surface area contributed by atoms with Gasteiger partial charge in [0.05, 0.1) is 24.0 Å². The van der Waals surface area contributed by atoms with Crippen LogP contribution in [0.5, 0.6) is 0 Å². The zero-order valence-corrected chi connectivity index (χ0v) is 22.0. The topological polar surface area (TPSA) is 63.7 Å². The van der Waals surface area contributed by atoms with E-state index in [0.29, 0.717) is 36.1 Å². The first-order valence-electron chi connectivity index (χ1n) is 12.4. The molecule has 1 heterocycles. The summed E-state index contributed by atoms with van der Waals surface area (Å²) < 4.78 is 34.0. The molecule has 0 bridgehead atoms. The molecule has 3 rings (SSSR count). The normalized spacial score (nSPS) is 17.5. The van der Waals surface area contributed by atoms with Crippen LogP contribution in [0, 0.1) is 5.92 Å². The van der Waals surface area contributed by atoms with Crippen molar-refractivity contribution in [1.29, 1.82) is 0 Å². The van der Waals surface area contributed by atoms with Gasteiger partial charge in [-0.1, -0.05) is 69.5 Å². The Morgan fingerprint density at radius 3 is 2.68 bits per heavy atom. The molecule has 2 atom stereocenters. The second kappa shape index (κ2) is 13.3. The van der Waals surface area contributed by atoms with Crippen LogP contribution >= 0.6 is 11.8 Å². The number of sulfonamides is 1. The highest BCUT2D eigenvalue weighted by Crippen LogP contribution is 2.37. The Bertz CT molecular complexity index is 1010. The number of thioether (sulfide) groups is 1. The highest BCUT2D eigenvalue weighted by Gasteiger charge is 2.36. The van der Waals surface area contributed by atoms with Crippen molar-refractivity contribution in [3.8, 4) is 0 Å². The monoisotopic (exact) mass is 503 g/mol. The van der Waals surface area contributed by atoms with Crippen molar-refractivity contribution in [3.63, 3.8) is 0 Å². The van der Waals surface area contributed by atoms with Crippen LogP contribution in [-0.4, -0.2) is 37.6 Å². The Kier molecular flexibility index (Phi) is 10.5. The van der Waals surface area contributed by atoms with Gasteiger partial charge in [-0.05, 0) is 48.9 Å². The number of nitrogens with zero attached hydrogens (tertiary/aromatic N) is 1. The molecule has 0 amide bonds. The number of rotatable bonds is 13. The van der Waals surface area contributed by atoms with Crippen molar-refractivity contribution < 1.29 is 17.9 Å². The summed E-state index contributed by atoms with van der Waals surface area (Å²) in [7, 11) is -3.60. The maximum atomic E-state index is 13.4. The predicted molar refractivity (Wildman–Crippen MR) is 138 cm³/mol. The summed E-state index contributed by atoms with van der Waals surface area (Å²) in [6.45, 7) is 5.33. The van der Waals surface area contributed by atoms with E-state index in [4.69, 9.17) is 4.74 Å². The molecule has 0 spiro atoms. The molecule has 0 N–H and O–H groups in total. The second-order valence-corrected chi connectivity index (χ2v) is 11.9. The van der Waals surface area contributed by atoms with Crippen molar-refractivity contribution in [1.82, 2.24) is 4.31 Å². The summed E-state index contributed by atoms with van der Waals surface area (Å²) in [6, 6.07) is 16.8. The third-order valence-electron chi connectivity index (χ3n) is 6.40. The van der Waals surface area contributed by atoms with Gasteiger partial charge in [0.15, 0.2) is 0 Å². The largest absolute Gasteiger partial charge is 0.465 e. The summed E-state index contributed by atoms with van der Waals surface area (Å²) in [6.07, 6.45) is 6.43. The van der Waals surface area contributed by atoms with E-state index < -0.39 is 10.0 Å². The maximum Gasteiger partial charge on any atom is 0.306 e. The van der Waals surface area contributed by atoms with Crippen LogP contribution in [-0.2, 0) is 19.6 Å². The minimum atomic E-state index is -3.60. The molecular weight excluding hydrogens is 466 g/mol. The fraction of sp³-hybridized carbons (Fsp3) is 0.519. The Labute approximate surface area is 209 Å². The third-order valence-corrected chi connectivity index (χ3v) is 9.30. The third kappa shape index (κ3) is 7.33. The van der Waals surface area contributed by atoms with Crippen LogP contribution in [0.2, 0.25) is 0 Å². The lowest BCUT2D eigenvalue weighted by Gasteiger charge is -2.24. The molecule has 1 aliphatic rings. The minimum Gasteiger partial charge on any atom is -0.465 e. The van der Waals surface area contributed by atoms with Crippen molar-refractivity contribution in [2.45, 2.75) is 74.6 Å². The Balaban J connectivity index is 1.55. The number of carbonyl (C=O) groups is 1. The van der Waals surface area contributed by atoms with Crippen LogP contribution in [0.1, 0.15) is 70.4 Å². The SMILES string of the molecule is CCCCC(CC)COC(=O)CCSc1cccc(S(=O)(=O)N2CCCC2c2ccccc2)c1. The van der Waals surface area contributed by atoms with E-state index in [0.717, 1.165) is 49.0 Å². The van der Waals surface area contributed by atoms with E-state index in [1.165, 1.54) is 11.8 Å². The summed E-state index contributed by atoms with van der Waals surface area (Å²) in [4.78, 5) is 13.3. The fourth-order valence-electron chi connectivity index (χ4n) is 4.33. The van der Waals surface area contributed by atoms with Crippen molar-refractivity contribution in [2.24, 2.45) is 5.92 Å². The van der Waals surface area contributed by atoms with E-state index in [1.807, 2.05) is 36.4 Å². The summed E-state index contributed by atoms with van der Waals surface area (Å²) in [5, 5.41) is 0. The van der Waals surface area contributed by atoms with Gasteiger partial charge in [-0.3, -0.25) is 4.79 Å². The lowest BCUT2D eigenvalue weighted by Crippen LogP contribution is -2.30. The molecule has 7 heteroatoms. The maximum absolute atomic E-state index is 13.4. The fourth-order valence-corrected chi connectivity index (χ4v) is 7.02. The summed E-state index contributed by atoms with van der Waals surface area (Å²) in [5.41, 5.74) is 1.03. The lowest BCUT2D eigenvalue weighted by atomic mass is 10.0. The summed E-state index contributed by atoms with van der Waals surface area (Å²) >= 11 is 1.49. The Hall–Kier alpha value is -1.83. The van der Waals surface area contributed by atoms with Gasteiger partial charge in [0.1, 0.15) is 0 Å². The zero-order valence-electron chi connectivity index (χ0n) is 20.3. The van der Waals surface area contributed by atoms with E-state index in [2.05, 4.69) is 13.8 Å². The van der Waals surface area contributed by atoms with Crippen LogP contribution < -0.4 is 0 Å². The first kappa shape index (κ1) is 26.8. The van der Waals surface area contributed by atoms with Gasteiger partial charge in [-0.2, -0.15) is 4.31 Å². The number of benzene rings is 2. The summed E-state index contributed by atoms with van der Waals surface area (Å²) in [5.74, 6) is 0.808. The van der Waals surface area contributed by atoms with Gasteiger partial charge in [-0.25, -0.2) is 8.42 Å². The van der Waals surface area contributed by atoms with Gasteiger partial charge < -0.3 is 4.74 Å².